The lowest BCUT2D eigenvalue weighted by atomic mass is 10.1. The molecule has 14 heteroatoms. The first-order chi connectivity index (χ1) is 16.8. The van der Waals surface area contributed by atoms with Gasteiger partial charge in [-0.25, -0.2) is 18.4 Å². The van der Waals surface area contributed by atoms with Gasteiger partial charge in [-0.1, -0.05) is 0 Å². The highest BCUT2D eigenvalue weighted by molar-refractivity contribution is 7.92. The molecule has 1 aliphatic heterocycles. The van der Waals surface area contributed by atoms with Crippen LogP contribution in [0, 0.1) is 6.92 Å². The Hall–Kier alpha value is -3.94. The number of halogens is 3. The van der Waals surface area contributed by atoms with Gasteiger partial charge in [0.05, 0.1) is 12.7 Å². The molecule has 1 aliphatic rings. The first kappa shape index (κ1) is 25.2. The van der Waals surface area contributed by atoms with Crippen LogP contribution in [-0.2, 0) is 34.0 Å². The van der Waals surface area contributed by atoms with Gasteiger partial charge in [0.25, 0.3) is 0 Å². The largest absolute Gasteiger partial charge is 0.421 e. The lowest BCUT2D eigenvalue weighted by Crippen LogP contribution is -2.27. The van der Waals surface area contributed by atoms with Crippen LogP contribution < -0.4 is 20.3 Å². The van der Waals surface area contributed by atoms with Crippen LogP contribution in [-0.4, -0.2) is 42.6 Å². The Bertz CT molecular complexity index is 1450. The maximum Gasteiger partial charge on any atom is 0.421 e. The molecule has 10 nitrogen and oxygen atoms in total. The molecule has 0 saturated heterocycles. The second-order valence-electron chi connectivity index (χ2n) is 8.19. The second-order valence-corrected chi connectivity index (χ2v) is 10.2. The molecule has 190 valence electrons. The van der Waals surface area contributed by atoms with E-state index in [1.165, 1.54) is 13.2 Å². The summed E-state index contributed by atoms with van der Waals surface area (Å²) in [6, 6.07) is 6.64. The molecule has 0 saturated carbocycles. The molecule has 36 heavy (non-hydrogen) atoms. The first-order valence-corrected chi connectivity index (χ1v) is 12.4. The summed E-state index contributed by atoms with van der Waals surface area (Å²) in [7, 11) is -2.34. The maximum absolute atomic E-state index is 13.7. The van der Waals surface area contributed by atoms with Gasteiger partial charge in [-0.05, 0) is 42.3 Å². The minimum Gasteiger partial charge on any atom is -0.365 e. The molecule has 0 atom stereocenters. The van der Waals surface area contributed by atoms with Crippen molar-refractivity contribution in [3.05, 3.63) is 58.9 Å². The van der Waals surface area contributed by atoms with Crippen LogP contribution in [0.3, 0.4) is 0 Å². The van der Waals surface area contributed by atoms with Crippen molar-refractivity contribution in [2.45, 2.75) is 26.1 Å². The van der Waals surface area contributed by atoms with Crippen molar-refractivity contribution in [3.8, 4) is 0 Å². The number of carbonyl (C=O) groups excluding carboxylic acids is 1. The monoisotopic (exact) mass is 521 g/mol. The van der Waals surface area contributed by atoms with Gasteiger partial charge < -0.3 is 16.0 Å². The summed E-state index contributed by atoms with van der Waals surface area (Å²) in [5.74, 6) is -0.647. The van der Waals surface area contributed by atoms with Crippen molar-refractivity contribution >= 4 is 44.9 Å². The third-order valence-corrected chi connectivity index (χ3v) is 6.74. The summed E-state index contributed by atoms with van der Waals surface area (Å²) in [6.07, 6.45) is -1.46. The number of anilines is 5. The van der Waals surface area contributed by atoms with Gasteiger partial charge in [0, 0.05) is 42.9 Å². The van der Waals surface area contributed by atoms with Crippen LogP contribution in [0.25, 0.3) is 0 Å². The SMILES string of the molecule is Cc1ccnc(N(C)S(C)(=O)=O)c1CNc1nc(Nc2ccc3c(c2)CC(=O)N3)ncc1C(F)(F)F. The number of rotatable bonds is 7. The number of carbonyl (C=O) groups is 1. The second kappa shape index (κ2) is 9.26. The van der Waals surface area contributed by atoms with E-state index in [0.29, 0.717) is 28.7 Å². The van der Waals surface area contributed by atoms with Crippen molar-refractivity contribution in [2.75, 3.05) is 33.6 Å². The number of alkyl halides is 3. The van der Waals surface area contributed by atoms with Gasteiger partial charge in [0.2, 0.25) is 21.9 Å². The predicted molar refractivity (Wildman–Crippen MR) is 129 cm³/mol. The highest BCUT2D eigenvalue weighted by Gasteiger charge is 2.35. The third-order valence-electron chi connectivity index (χ3n) is 5.58. The fraction of sp³-hybridized carbons (Fsp3) is 0.273. The molecule has 0 fully saturated rings. The van der Waals surface area contributed by atoms with E-state index in [4.69, 9.17) is 0 Å². The zero-order valence-electron chi connectivity index (χ0n) is 19.4. The van der Waals surface area contributed by atoms with Crippen molar-refractivity contribution in [2.24, 2.45) is 0 Å². The summed E-state index contributed by atoms with van der Waals surface area (Å²) in [4.78, 5) is 23.5. The number of nitrogens with zero attached hydrogens (tertiary/aromatic N) is 4. The Labute approximate surface area is 205 Å². The number of amides is 1. The summed E-state index contributed by atoms with van der Waals surface area (Å²) in [6.45, 7) is 1.52. The molecule has 3 N–H and O–H groups in total. The predicted octanol–water partition coefficient (Wildman–Crippen LogP) is 3.44. The average molecular weight is 522 g/mol. The Morgan fingerprint density at radius 1 is 1.19 bits per heavy atom. The Morgan fingerprint density at radius 2 is 1.94 bits per heavy atom. The van der Waals surface area contributed by atoms with Crippen LogP contribution in [0.5, 0.6) is 0 Å². The van der Waals surface area contributed by atoms with E-state index < -0.39 is 27.6 Å². The molecule has 0 bridgehead atoms. The van der Waals surface area contributed by atoms with E-state index in [-0.39, 0.29) is 30.6 Å². The number of hydrogen-bond acceptors (Lipinski definition) is 8. The van der Waals surface area contributed by atoms with E-state index in [1.807, 2.05) is 0 Å². The van der Waals surface area contributed by atoms with Crippen molar-refractivity contribution in [3.63, 3.8) is 0 Å². The molecule has 4 rings (SSSR count). The number of hydrogen-bond donors (Lipinski definition) is 3. The number of benzene rings is 1. The number of aromatic nitrogens is 3. The van der Waals surface area contributed by atoms with Crippen molar-refractivity contribution in [1.29, 1.82) is 0 Å². The van der Waals surface area contributed by atoms with Crippen LogP contribution in [0.2, 0.25) is 0 Å². The van der Waals surface area contributed by atoms with Crippen LogP contribution >= 0.6 is 0 Å². The van der Waals surface area contributed by atoms with Gasteiger partial charge in [0.1, 0.15) is 17.2 Å². The highest BCUT2D eigenvalue weighted by atomic mass is 32.2. The number of aryl methyl sites for hydroxylation is 1. The topological polar surface area (TPSA) is 129 Å². The van der Waals surface area contributed by atoms with Gasteiger partial charge >= 0.3 is 6.18 Å². The van der Waals surface area contributed by atoms with E-state index in [1.54, 1.807) is 31.2 Å². The molecule has 2 aromatic heterocycles. The minimum absolute atomic E-state index is 0.0901. The van der Waals surface area contributed by atoms with E-state index in [0.717, 1.165) is 16.1 Å². The van der Waals surface area contributed by atoms with Crippen molar-refractivity contribution < 1.29 is 26.4 Å². The van der Waals surface area contributed by atoms with E-state index in [9.17, 15) is 26.4 Å². The van der Waals surface area contributed by atoms with Gasteiger partial charge in [-0.3, -0.25) is 9.10 Å². The molecule has 3 aromatic rings. The summed E-state index contributed by atoms with van der Waals surface area (Å²) in [5, 5.41) is 8.23. The van der Waals surface area contributed by atoms with Gasteiger partial charge in [-0.2, -0.15) is 18.2 Å². The molecule has 0 radical (unpaired) electrons. The highest BCUT2D eigenvalue weighted by Crippen LogP contribution is 2.35. The maximum atomic E-state index is 13.7. The molecule has 0 spiro atoms. The standard InChI is InChI=1S/C22H22F3N7O3S/c1-12-6-7-26-20(32(2)36(3,34)35)15(12)10-27-19-16(22(23,24)25)11-28-21(31-19)29-14-4-5-17-13(8-14)9-18(33)30-17/h4-8,11H,9-10H2,1-3H3,(H,30,33)(H2,27,28,29,31). The molecular formula is C22H22F3N7O3S. The van der Waals surface area contributed by atoms with E-state index >= 15 is 0 Å². The molecule has 0 unspecified atom stereocenters. The molecular weight excluding hydrogens is 499 g/mol. The van der Waals surface area contributed by atoms with Crippen LogP contribution in [0.4, 0.5) is 42.1 Å². The zero-order chi connectivity index (χ0) is 26.3. The van der Waals surface area contributed by atoms with Crippen LogP contribution in [0.1, 0.15) is 22.3 Å². The number of sulfonamides is 1. The minimum atomic E-state index is -4.74. The Morgan fingerprint density at radius 3 is 2.64 bits per heavy atom. The average Bonchev–Trinajstić information content (AvgIpc) is 3.15. The third kappa shape index (κ3) is 5.32. The summed E-state index contributed by atoms with van der Waals surface area (Å²) < 4.78 is 66.1. The molecule has 3 heterocycles. The Kier molecular flexibility index (Phi) is 6.47. The lowest BCUT2D eigenvalue weighted by Gasteiger charge is -2.21. The zero-order valence-corrected chi connectivity index (χ0v) is 20.3. The van der Waals surface area contributed by atoms with Gasteiger partial charge in [-0.15, -0.1) is 0 Å². The smallest absolute Gasteiger partial charge is 0.365 e. The quantitative estimate of drug-likeness (QED) is 0.431. The van der Waals surface area contributed by atoms with Crippen molar-refractivity contribution in [1.82, 2.24) is 15.0 Å². The lowest BCUT2D eigenvalue weighted by molar-refractivity contribution is -0.137. The molecule has 0 aliphatic carbocycles. The number of fused-ring (bicyclic) bond motifs is 1. The summed E-state index contributed by atoms with van der Waals surface area (Å²) in [5.41, 5.74) is 1.84. The molecule has 1 amide bonds. The first-order valence-electron chi connectivity index (χ1n) is 10.6. The Balaban J connectivity index is 1.64. The van der Waals surface area contributed by atoms with Gasteiger partial charge in [0.15, 0.2) is 0 Å². The fourth-order valence-electron chi connectivity index (χ4n) is 3.61. The number of pyridine rings is 1. The summed E-state index contributed by atoms with van der Waals surface area (Å²) >= 11 is 0. The van der Waals surface area contributed by atoms with E-state index in [2.05, 4.69) is 30.9 Å². The fourth-order valence-corrected chi connectivity index (χ4v) is 4.09. The van der Waals surface area contributed by atoms with Crippen LogP contribution in [0.15, 0.2) is 36.7 Å². The molecule has 1 aromatic carbocycles. The number of nitrogens with one attached hydrogen (secondary N) is 3. The normalized spacial score (nSPS) is 13.2.